The summed E-state index contributed by atoms with van der Waals surface area (Å²) in [6.07, 6.45) is 7.64. The zero-order chi connectivity index (χ0) is 21.9. The lowest BCUT2D eigenvalue weighted by Gasteiger charge is -2.30. The van der Waals surface area contributed by atoms with Crippen LogP contribution in [0.25, 0.3) is 17.3 Å². The molecule has 1 saturated heterocycles. The maximum absolute atomic E-state index is 13.4. The Balaban J connectivity index is 1.47. The first kappa shape index (κ1) is 21.2. The molecular weight excluding hydrogens is 434 g/mol. The second-order valence-corrected chi connectivity index (χ2v) is 10.1. The van der Waals surface area contributed by atoms with Crippen molar-refractivity contribution in [3.63, 3.8) is 0 Å². The lowest BCUT2D eigenvalue weighted by Crippen LogP contribution is -2.40. The third kappa shape index (κ3) is 4.57. The van der Waals surface area contributed by atoms with Gasteiger partial charge in [0.1, 0.15) is 0 Å². The van der Waals surface area contributed by atoms with Gasteiger partial charge in [-0.05, 0) is 43.2 Å². The maximum Gasteiger partial charge on any atom is 0.267 e. The first-order chi connectivity index (χ1) is 15.7. The molecule has 0 N–H and O–H groups in total. The zero-order valence-corrected chi connectivity index (χ0v) is 19.7. The summed E-state index contributed by atoms with van der Waals surface area (Å²) < 4.78 is 0. The second-order valence-electron chi connectivity index (χ2n) is 8.26. The Hall–Kier alpha value is -2.70. The van der Waals surface area contributed by atoms with E-state index >= 15 is 0 Å². The number of amidine groups is 1. The van der Waals surface area contributed by atoms with Crippen LogP contribution in [0.1, 0.15) is 43.2 Å². The van der Waals surface area contributed by atoms with Gasteiger partial charge in [0.25, 0.3) is 5.91 Å². The van der Waals surface area contributed by atoms with Gasteiger partial charge in [-0.3, -0.25) is 9.69 Å². The number of carbonyl (C=O) groups is 1. The summed E-state index contributed by atoms with van der Waals surface area (Å²) in [6, 6.07) is 18.6. The fourth-order valence-corrected chi connectivity index (χ4v) is 5.97. The molecule has 0 radical (unpaired) electrons. The van der Waals surface area contributed by atoms with Gasteiger partial charge in [-0.25, -0.2) is 4.98 Å². The molecule has 2 fully saturated rings. The molecule has 0 spiro atoms. The predicted octanol–water partition coefficient (Wildman–Crippen LogP) is 7.06. The fourth-order valence-electron chi connectivity index (χ4n) is 4.18. The van der Waals surface area contributed by atoms with E-state index < -0.39 is 0 Å². The number of aromatic nitrogens is 1. The number of amides is 1. The van der Waals surface area contributed by atoms with E-state index in [-0.39, 0.29) is 11.9 Å². The summed E-state index contributed by atoms with van der Waals surface area (Å²) >= 11 is 2.99. The molecule has 4 nitrogen and oxygen atoms in total. The van der Waals surface area contributed by atoms with Gasteiger partial charge in [0, 0.05) is 17.0 Å². The van der Waals surface area contributed by atoms with Crippen LogP contribution in [0.3, 0.4) is 0 Å². The molecule has 0 atom stereocenters. The average molecular weight is 460 g/mol. The Morgan fingerprint density at radius 2 is 1.78 bits per heavy atom. The minimum Gasteiger partial charge on any atom is -0.283 e. The van der Waals surface area contributed by atoms with Crippen LogP contribution in [0.5, 0.6) is 0 Å². The van der Waals surface area contributed by atoms with Crippen LogP contribution in [0.4, 0.5) is 5.13 Å². The normalized spacial score (nSPS) is 19.9. The van der Waals surface area contributed by atoms with Crippen molar-refractivity contribution in [2.75, 3.05) is 0 Å². The van der Waals surface area contributed by atoms with E-state index in [4.69, 9.17) is 9.98 Å². The van der Waals surface area contributed by atoms with Crippen LogP contribution in [0.2, 0.25) is 0 Å². The Labute approximate surface area is 197 Å². The summed E-state index contributed by atoms with van der Waals surface area (Å²) in [4.78, 5) is 25.7. The van der Waals surface area contributed by atoms with E-state index in [9.17, 15) is 4.79 Å². The van der Waals surface area contributed by atoms with Gasteiger partial charge in [-0.2, -0.15) is 4.99 Å². The van der Waals surface area contributed by atoms with E-state index in [1.165, 1.54) is 47.9 Å². The van der Waals surface area contributed by atoms with Gasteiger partial charge in [-0.1, -0.05) is 79.4 Å². The van der Waals surface area contributed by atoms with Crippen molar-refractivity contribution >= 4 is 45.4 Å². The molecule has 1 aliphatic heterocycles. The summed E-state index contributed by atoms with van der Waals surface area (Å²) in [7, 11) is 0. The number of aryl methyl sites for hydroxylation is 1. The third-order valence-electron chi connectivity index (χ3n) is 5.90. The van der Waals surface area contributed by atoms with Crippen molar-refractivity contribution in [2.24, 2.45) is 4.99 Å². The Bertz CT molecular complexity index is 1160. The number of hydrogen-bond acceptors (Lipinski definition) is 5. The molecule has 0 unspecified atom stereocenters. The van der Waals surface area contributed by atoms with Crippen LogP contribution in [0, 0.1) is 6.92 Å². The number of rotatable bonds is 4. The summed E-state index contributed by atoms with van der Waals surface area (Å²) in [6.45, 7) is 2.07. The Kier molecular flexibility index (Phi) is 6.23. The summed E-state index contributed by atoms with van der Waals surface area (Å²) in [5.41, 5.74) is 4.25. The van der Waals surface area contributed by atoms with Gasteiger partial charge < -0.3 is 0 Å². The second kappa shape index (κ2) is 9.43. The van der Waals surface area contributed by atoms with Crippen LogP contribution in [-0.4, -0.2) is 27.0 Å². The van der Waals surface area contributed by atoms with E-state index in [0.717, 1.165) is 39.7 Å². The largest absolute Gasteiger partial charge is 0.283 e. The molecule has 32 heavy (non-hydrogen) atoms. The molecule has 0 bridgehead atoms. The first-order valence-electron chi connectivity index (χ1n) is 11.1. The Morgan fingerprint density at radius 1 is 1.03 bits per heavy atom. The van der Waals surface area contributed by atoms with E-state index in [1.54, 1.807) is 0 Å². The highest BCUT2D eigenvalue weighted by Gasteiger charge is 2.38. The lowest BCUT2D eigenvalue weighted by atomic mass is 9.94. The molecule has 2 heterocycles. The first-order valence-corrected chi connectivity index (χ1v) is 12.8. The number of carbonyl (C=O) groups excluding carboxylic acids is 1. The summed E-state index contributed by atoms with van der Waals surface area (Å²) in [5, 5.41) is 3.48. The summed E-state index contributed by atoms with van der Waals surface area (Å²) in [5.74, 6) is 0.0704. The topological polar surface area (TPSA) is 45.6 Å². The molecule has 1 amide bonds. The van der Waals surface area contributed by atoms with Crippen molar-refractivity contribution < 1.29 is 4.79 Å². The minimum atomic E-state index is 0.0704. The molecule has 2 aromatic carbocycles. The van der Waals surface area contributed by atoms with Crippen molar-refractivity contribution in [3.05, 3.63) is 76.0 Å². The molecule has 3 aromatic rings. The van der Waals surface area contributed by atoms with E-state index in [2.05, 4.69) is 43.3 Å². The molecular formula is C26H25N3OS2. The van der Waals surface area contributed by atoms with Crippen LogP contribution < -0.4 is 0 Å². The number of thiazole rings is 1. The quantitative estimate of drug-likeness (QED) is 0.393. The molecule has 2 aliphatic rings. The van der Waals surface area contributed by atoms with Gasteiger partial charge in [0.2, 0.25) is 5.13 Å². The van der Waals surface area contributed by atoms with Crippen molar-refractivity contribution in [1.82, 2.24) is 9.88 Å². The lowest BCUT2D eigenvalue weighted by molar-refractivity contribution is -0.124. The van der Waals surface area contributed by atoms with E-state index in [1.807, 2.05) is 34.6 Å². The molecule has 6 heteroatoms. The van der Waals surface area contributed by atoms with Crippen LogP contribution >= 0.6 is 23.1 Å². The standard InChI is InChI=1S/C26H25N3OS2/c1-18-12-14-19(15-13-18)16-23-24(30)29(21-10-6-3-7-11-21)26(32-23)28-25-27-22(17-31-25)20-8-4-2-5-9-20/h2,4-5,8-9,12-17,21H,3,6-7,10-11H2,1H3/b23-16-,28-26+. The van der Waals surface area contributed by atoms with Crippen LogP contribution in [0.15, 0.2) is 69.9 Å². The van der Waals surface area contributed by atoms with Crippen molar-refractivity contribution in [3.8, 4) is 11.3 Å². The van der Waals surface area contributed by atoms with E-state index in [0.29, 0.717) is 5.13 Å². The SMILES string of the molecule is Cc1ccc(/C=C2\S/C(=N/c3nc(-c4ccccc4)cs3)N(C3CCCCC3)C2=O)cc1. The number of nitrogens with zero attached hydrogens (tertiary/aromatic N) is 3. The third-order valence-corrected chi connectivity index (χ3v) is 7.62. The number of hydrogen-bond donors (Lipinski definition) is 0. The highest BCUT2D eigenvalue weighted by Crippen LogP contribution is 2.39. The van der Waals surface area contributed by atoms with Crippen molar-refractivity contribution in [2.45, 2.75) is 45.1 Å². The van der Waals surface area contributed by atoms with Crippen molar-refractivity contribution in [1.29, 1.82) is 0 Å². The predicted molar refractivity (Wildman–Crippen MR) is 135 cm³/mol. The van der Waals surface area contributed by atoms with Gasteiger partial charge in [0.05, 0.1) is 10.6 Å². The molecule has 1 aliphatic carbocycles. The average Bonchev–Trinajstić information content (AvgIpc) is 3.41. The molecule has 1 aromatic heterocycles. The number of aliphatic imine (C=N–C) groups is 1. The molecule has 1 saturated carbocycles. The highest BCUT2D eigenvalue weighted by atomic mass is 32.2. The van der Waals surface area contributed by atoms with Gasteiger partial charge >= 0.3 is 0 Å². The number of benzene rings is 2. The highest BCUT2D eigenvalue weighted by molar-refractivity contribution is 8.18. The monoisotopic (exact) mass is 459 g/mol. The molecule has 162 valence electrons. The van der Waals surface area contributed by atoms with Gasteiger partial charge in [0.15, 0.2) is 5.17 Å². The molecule has 5 rings (SSSR count). The zero-order valence-electron chi connectivity index (χ0n) is 18.0. The fraction of sp³-hybridized carbons (Fsp3) is 0.269. The smallest absolute Gasteiger partial charge is 0.267 e. The minimum absolute atomic E-state index is 0.0704. The number of thioether (sulfide) groups is 1. The Morgan fingerprint density at radius 3 is 2.53 bits per heavy atom. The van der Waals surface area contributed by atoms with Crippen LogP contribution in [-0.2, 0) is 4.79 Å². The maximum atomic E-state index is 13.4. The van der Waals surface area contributed by atoms with Gasteiger partial charge in [-0.15, -0.1) is 11.3 Å².